The lowest BCUT2D eigenvalue weighted by atomic mass is 9.48. The fraction of sp³-hybridized carbons (Fsp3) is 0.760. The number of carbonyl (C=O) groups is 2. The number of rotatable bonds is 2. The van der Waals surface area contributed by atoms with Gasteiger partial charge in [-0.2, -0.15) is 0 Å². The Bertz CT molecular complexity index is 778. The molecule has 0 aromatic rings. The van der Waals surface area contributed by atoms with Crippen molar-refractivity contribution in [1.82, 2.24) is 0 Å². The quantitative estimate of drug-likeness (QED) is 0.338. The Morgan fingerprint density at radius 3 is 2.34 bits per heavy atom. The standard InChI is InChI=1S/C25H36O4/c1-15(28-16(2)26)21-8-9-22-20-7-6-18-14-19(29-17(3)27)10-12-24(18,4)23(20)11-13-25(21,22)5/h6,19-20,22-23H,7-14H2,1-5H3/b21-15+/t19-,20-,22-,23-,24-,25+/m0/s1. The van der Waals surface area contributed by atoms with E-state index in [2.05, 4.69) is 19.9 Å². The number of fused-ring (bicyclic) bond motifs is 5. The van der Waals surface area contributed by atoms with Gasteiger partial charge in [-0.3, -0.25) is 9.59 Å². The van der Waals surface area contributed by atoms with Gasteiger partial charge in [0.2, 0.25) is 0 Å². The van der Waals surface area contributed by atoms with Gasteiger partial charge in [0.15, 0.2) is 0 Å². The minimum Gasteiger partial charge on any atom is -0.462 e. The Labute approximate surface area is 175 Å². The van der Waals surface area contributed by atoms with Gasteiger partial charge in [0.25, 0.3) is 0 Å². The average Bonchev–Trinajstić information content (AvgIpc) is 2.98. The Morgan fingerprint density at radius 1 is 0.966 bits per heavy atom. The SMILES string of the molecule is CC(=O)O/C(C)=C1\CC[C@H]2[C@@H]3CC=C4C[C@@H](OC(C)=O)CC[C@]4(C)[C@H]3CC[C@]12C. The van der Waals surface area contributed by atoms with Crippen LogP contribution in [0.25, 0.3) is 0 Å². The summed E-state index contributed by atoms with van der Waals surface area (Å²) >= 11 is 0. The van der Waals surface area contributed by atoms with E-state index in [1.54, 1.807) is 0 Å². The van der Waals surface area contributed by atoms with E-state index in [9.17, 15) is 9.59 Å². The van der Waals surface area contributed by atoms with Gasteiger partial charge < -0.3 is 9.47 Å². The maximum atomic E-state index is 11.5. The van der Waals surface area contributed by atoms with Crippen molar-refractivity contribution >= 4 is 11.9 Å². The maximum absolute atomic E-state index is 11.5. The second-order valence-corrected chi connectivity index (χ2v) is 10.4. The second kappa shape index (κ2) is 7.28. The Morgan fingerprint density at radius 2 is 1.66 bits per heavy atom. The highest BCUT2D eigenvalue weighted by Gasteiger charge is 2.57. The molecule has 0 radical (unpaired) electrons. The molecular weight excluding hydrogens is 364 g/mol. The van der Waals surface area contributed by atoms with Crippen LogP contribution in [0.5, 0.6) is 0 Å². The summed E-state index contributed by atoms with van der Waals surface area (Å²) in [5, 5.41) is 0. The van der Waals surface area contributed by atoms with Crippen molar-refractivity contribution in [2.45, 2.75) is 92.1 Å². The van der Waals surface area contributed by atoms with Gasteiger partial charge in [0, 0.05) is 20.3 Å². The lowest BCUT2D eigenvalue weighted by molar-refractivity contribution is -0.148. The minimum absolute atomic E-state index is 0.0598. The molecule has 0 spiro atoms. The Kier molecular flexibility index (Phi) is 5.19. The number of ether oxygens (including phenoxy) is 2. The smallest absolute Gasteiger partial charge is 0.307 e. The van der Waals surface area contributed by atoms with E-state index >= 15 is 0 Å². The molecule has 3 fully saturated rings. The highest BCUT2D eigenvalue weighted by molar-refractivity contribution is 5.67. The van der Waals surface area contributed by atoms with Crippen LogP contribution in [-0.4, -0.2) is 18.0 Å². The molecule has 4 nitrogen and oxygen atoms in total. The predicted molar refractivity (Wildman–Crippen MR) is 112 cm³/mol. The Balaban J connectivity index is 1.59. The minimum atomic E-state index is -0.210. The molecule has 0 aliphatic heterocycles. The van der Waals surface area contributed by atoms with Gasteiger partial charge in [-0.15, -0.1) is 0 Å². The zero-order valence-electron chi connectivity index (χ0n) is 18.7. The lowest BCUT2D eigenvalue weighted by Crippen LogP contribution is -2.49. The molecule has 4 aliphatic rings. The summed E-state index contributed by atoms with van der Waals surface area (Å²) in [6, 6.07) is 0. The molecular formula is C25H36O4. The van der Waals surface area contributed by atoms with Gasteiger partial charge in [0.1, 0.15) is 11.9 Å². The van der Waals surface area contributed by atoms with Crippen LogP contribution in [0.1, 0.15) is 86.0 Å². The number of allylic oxidation sites excluding steroid dienone is 3. The first kappa shape index (κ1) is 20.7. The summed E-state index contributed by atoms with van der Waals surface area (Å²) in [7, 11) is 0. The molecule has 0 N–H and O–H groups in total. The van der Waals surface area contributed by atoms with Crippen molar-refractivity contribution in [3.63, 3.8) is 0 Å². The topological polar surface area (TPSA) is 52.6 Å². The van der Waals surface area contributed by atoms with Crippen molar-refractivity contribution in [2.75, 3.05) is 0 Å². The molecule has 0 aromatic heterocycles. The fourth-order valence-electron chi connectivity index (χ4n) is 7.63. The van der Waals surface area contributed by atoms with Crippen LogP contribution in [0.15, 0.2) is 23.0 Å². The first-order chi connectivity index (χ1) is 13.6. The summed E-state index contributed by atoms with van der Waals surface area (Å²) in [5.41, 5.74) is 3.33. The van der Waals surface area contributed by atoms with Gasteiger partial charge in [-0.25, -0.2) is 0 Å². The fourth-order valence-corrected chi connectivity index (χ4v) is 7.63. The first-order valence-electron chi connectivity index (χ1n) is 11.4. The Hall–Kier alpha value is -1.58. The molecule has 29 heavy (non-hydrogen) atoms. The van der Waals surface area contributed by atoms with Crippen molar-refractivity contribution in [1.29, 1.82) is 0 Å². The van der Waals surface area contributed by atoms with Crippen LogP contribution in [0.4, 0.5) is 0 Å². The molecule has 0 heterocycles. The van der Waals surface area contributed by atoms with Gasteiger partial charge in [-0.1, -0.05) is 25.5 Å². The van der Waals surface area contributed by atoms with E-state index in [4.69, 9.17) is 9.47 Å². The summed E-state index contributed by atoms with van der Waals surface area (Å²) in [5.74, 6) is 2.57. The molecule has 4 rings (SSSR count). The maximum Gasteiger partial charge on any atom is 0.307 e. The summed E-state index contributed by atoms with van der Waals surface area (Å²) < 4.78 is 11.1. The zero-order chi connectivity index (χ0) is 21.0. The van der Waals surface area contributed by atoms with Crippen LogP contribution < -0.4 is 0 Å². The molecule has 0 amide bonds. The van der Waals surface area contributed by atoms with Gasteiger partial charge in [-0.05, 0) is 86.0 Å². The van der Waals surface area contributed by atoms with Crippen LogP contribution in [-0.2, 0) is 19.1 Å². The molecule has 0 saturated heterocycles. The van der Waals surface area contributed by atoms with E-state index in [1.807, 2.05) is 6.92 Å². The van der Waals surface area contributed by atoms with Crippen molar-refractivity contribution in [3.05, 3.63) is 23.0 Å². The summed E-state index contributed by atoms with van der Waals surface area (Å²) in [6.07, 6.45) is 11.4. The number of esters is 2. The van der Waals surface area contributed by atoms with Gasteiger partial charge in [0.05, 0.1) is 0 Å². The molecule has 6 atom stereocenters. The average molecular weight is 401 g/mol. The predicted octanol–water partition coefficient (Wildman–Crippen LogP) is 5.72. The molecule has 3 saturated carbocycles. The van der Waals surface area contributed by atoms with Crippen molar-refractivity contribution < 1.29 is 19.1 Å². The van der Waals surface area contributed by atoms with Crippen molar-refractivity contribution in [3.8, 4) is 0 Å². The van der Waals surface area contributed by atoms with Crippen LogP contribution >= 0.6 is 0 Å². The lowest BCUT2D eigenvalue weighted by Gasteiger charge is -2.57. The highest BCUT2D eigenvalue weighted by atomic mass is 16.5. The number of hydrogen-bond acceptors (Lipinski definition) is 4. The third-order valence-corrected chi connectivity index (χ3v) is 8.90. The summed E-state index contributed by atoms with van der Waals surface area (Å²) in [4.78, 5) is 22.9. The summed E-state index contributed by atoms with van der Waals surface area (Å²) in [6.45, 7) is 9.88. The monoisotopic (exact) mass is 400 g/mol. The van der Waals surface area contributed by atoms with Crippen molar-refractivity contribution in [2.24, 2.45) is 28.6 Å². The van der Waals surface area contributed by atoms with Crippen LogP contribution in [0, 0.1) is 28.6 Å². The van der Waals surface area contributed by atoms with Crippen LogP contribution in [0.2, 0.25) is 0 Å². The highest BCUT2D eigenvalue weighted by Crippen LogP contribution is 2.66. The largest absolute Gasteiger partial charge is 0.462 e. The van der Waals surface area contributed by atoms with E-state index < -0.39 is 0 Å². The first-order valence-corrected chi connectivity index (χ1v) is 11.4. The zero-order valence-corrected chi connectivity index (χ0v) is 18.7. The van der Waals surface area contributed by atoms with E-state index in [0.29, 0.717) is 17.8 Å². The van der Waals surface area contributed by atoms with Crippen LogP contribution in [0.3, 0.4) is 0 Å². The third-order valence-electron chi connectivity index (χ3n) is 8.90. The molecule has 160 valence electrons. The molecule has 4 aliphatic carbocycles. The van der Waals surface area contributed by atoms with E-state index in [0.717, 1.165) is 37.9 Å². The molecule has 0 bridgehead atoms. The molecule has 4 heteroatoms. The number of hydrogen-bond donors (Lipinski definition) is 0. The molecule has 0 unspecified atom stereocenters. The van der Waals surface area contributed by atoms with E-state index in [1.165, 1.54) is 44.3 Å². The van der Waals surface area contributed by atoms with Gasteiger partial charge >= 0.3 is 11.9 Å². The number of carbonyl (C=O) groups excluding carboxylic acids is 2. The third kappa shape index (κ3) is 3.37. The normalized spacial score (nSPS) is 42.7. The molecule has 0 aromatic carbocycles. The van der Waals surface area contributed by atoms with E-state index in [-0.39, 0.29) is 28.9 Å². The second-order valence-electron chi connectivity index (χ2n) is 10.4.